The monoisotopic (exact) mass is 289 g/mol. The van der Waals surface area contributed by atoms with Gasteiger partial charge in [0.2, 0.25) is 0 Å². The molecule has 6 nitrogen and oxygen atoms in total. The van der Waals surface area contributed by atoms with E-state index in [1.54, 1.807) is 0 Å². The number of nitro groups is 1. The average Bonchev–Trinajstić information content (AvgIpc) is 2.65. The van der Waals surface area contributed by atoms with Gasteiger partial charge in [-0.25, -0.2) is 0 Å². The van der Waals surface area contributed by atoms with Crippen molar-refractivity contribution in [3.63, 3.8) is 0 Å². The lowest BCUT2D eigenvalue weighted by Gasteiger charge is -2.07. The number of rotatable bonds is 4. The van der Waals surface area contributed by atoms with Gasteiger partial charge in [0, 0.05) is 17.5 Å². The molecule has 0 fully saturated rings. The number of benzene rings is 1. The second-order valence-electron chi connectivity index (χ2n) is 3.74. The smallest absolute Gasteiger partial charge is 0.271 e. The highest BCUT2D eigenvalue weighted by atomic mass is 35.5. The van der Waals surface area contributed by atoms with Crippen LogP contribution in [0.1, 0.15) is 0 Å². The van der Waals surface area contributed by atoms with E-state index in [1.165, 1.54) is 22.9 Å². The van der Waals surface area contributed by atoms with E-state index in [-0.39, 0.29) is 23.3 Å². The Morgan fingerprint density at radius 3 is 2.89 bits per heavy atom. The standard InChI is InChI=1S/C10H9Cl2N3O3/c11-4-7(16)5-14-9-3-6(15(17)18)1-2-8(9)10(12)13-14/h1-3,7,16H,4-5H2. The number of aliphatic hydroxyl groups excluding tert-OH is 1. The summed E-state index contributed by atoms with van der Waals surface area (Å²) in [7, 11) is 0. The molecule has 1 N–H and O–H groups in total. The Morgan fingerprint density at radius 2 is 2.28 bits per heavy atom. The van der Waals surface area contributed by atoms with Crippen LogP contribution >= 0.6 is 23.2 Å². The molecule has 0 saturated carbocycles. The number of hydrogen-bond acceptors (Lipinski definition) is 4. The summed E-state index contributed by atoms with van der Waals surface area (Å²) in [5, 5.41) is 25.1. The van der Waals surface area contributed by atoms with Crippen molar-refractivity contribution in [2.24, 2.45) is 0 Å². The number of nitro benzene ring substituents is 1. The lowest BCUT2D eigenvalue weighted by molar-refractivity contribution is -0.384. The van der Waals surface area contributed by atoms with E-state index in [9.17, 15) is 15.2 Å². The molecule has 0 spiro atoms. The first-order chi connectivity index (χ1) is 8.52. The Morgan fingerprint density at radius 1 is 1.56 bits per heavy atom. The van der Waals surface area contributed by atoms with Crippen LogP contribution in [0.25, 0.3) is 10.9 Å². The Hall–Kier alpha value is -1.37. The van der Waals surface area contributed by atoms with Crippen LogP contribution in [0.2, 0.25) is 5.15 Å². The Kier molecular flexibility index (Phi) is 3.70. The van der Waals surface area contributed by atoms with Gasteiger partial charge in [0.15, 0.2) is 5.15 Å². The van der Waals surface area contributed by atoms with E-state index < -0.39 is 11.0 Å². The minimum absolute atomic E-state index is 0.0495. The summed E-state index contributed by atoms with van der Waals surface area (Å²) in [6, 6.07) is 4.26. The van der Waals surface area contributed by atoms with E-state index in [2.05, 4.69) is 5.10 Å². The topological polar surface area (TPSA) is 81.2 Å². The van der Waals surface area contributed by atoms with Crippen molar-refractivity contribution in [3.05, 3.63) is 33.5 Å². The average molecular weight is 290 g/mol. The second-order valence-corrected chi connectivity index (χ2v) is 4.41. The summed E-state index contributed by atoms with van der Waals surface area (Å²) in [4.78, 5) is 10.2. The largest absolute Gasteiger partial charge is 0.390 e. The fourth-order valence-corrected chi connectivity index (χ4v) is 1.97. The maximum Gasteiger partial charge on any atom is 0.271 e. The predicted molar refractivity (Wildman–Crippen MR) is 68.1 cm³/mol. The molecule has 2 rings (SSSR count). The molecule has 8 heteroatoms. The first-order valence-corrected chi connectivity index (χ1v) is 5.98. The molecule has 1 heterocycles. The normalized spacial score (nSPS) is 12.8. The zero-order valence-corrected chi connectivity index (χ0v) is 10.6. The fourth-order valence-electron chi connectivity index (χ4n) is 1.62. The first-order valence-electron chi connectivity index (χ1n) is 5.07. The minimum Gasteiger partial charge on any atom is -0.390 e. The molecule has 2 aromatic rings. The molecule has 1 aromatic carbocycles. The summed E-state index contributed by atoms with van der Waals surface area (Å²) >= 11 is 11.4. The predicted octanol–water partition coefficient (Wildman–Crippen LogP) is 2.20. The van der Waals surface area contributed by atoms with E-state index in [1.807, 2.05) is 0 Å². The van der Waals surface area contributed by atoms with Gasteiger partial charge >= 0.3 is 0 Å². The molecule has 0 aliphatic carbocycles. The van der Waals surface area contributed by atoms with Gasteiger partial charge in [0.25, 0.3) is 5.69 Å². The number of nitrogens with zero attached hydrogens (tertiary/aromatic N) is 3. The number of halogens is 2. The molecule has 0 saturated heterocycles. The van der Waals surface area contributed by atoms with Gasteiger partial charge in [0.05, 0.1) is 29.0 Å². The van der Waals surface area contributed by atoms with Crippen molar-refractivity contribution in [1.82, 2.24) is 9.78 Å². The van der Waals surface area contributed by atoms with Crippen molar-refractivity contribution >= 4 is 39.8 Å². The number of alkyl halides is 1. The number of aliphatic hydroxyl groups is 1. The third kappa shape index (κ3) is 2.40. The summed E-state index contributed by atoms with van der Waals surface area (Å²) in [6.45, 7) is 0.133. The molecular weight excluding hydrogens is 281 g/mol. The maximum atomic E-state index is 10.7. The molecule has 1 aromatic heterocycles. The molecule has 1 unspecified atom stereocenters. The van der Waals surface area contributed by atoms with Crippen LogP contribution in [0.4, 0.5) is 5.69 Å². The number of fused-ring (bicyclic) bond motifs is 1. The SMILES string of the molecule is O=[N+]([O-])c1ccc2c(Cl)nn(CC(O)CCl)c2c1. The molecule has 0 aliphatic heterocycles. The number of aromatic nitrogens is 2. The van der Waals surface area contributed by atoms with Crippen LogP contribution in [0.3, 0.4) is 0 Å². The molecule has 1 atom stereocenters. The number of non-ortho nitro benzene ring substituents is 1. The van der Waals surface area contributed by atoms with Gasteiger partial charge in [-0.05, 0) is 6.07 Å². The van der Waals surface area contributed by atoms with E-state index in [4.69, 9.17) is 23.2 Å². The van der Waals surface area contributed by atoms with Gasteiger partial charge in [-0.2, -0.15) is 5.10 Å². The van der Waals surface area contributed by atoms with Gasteiger partial charge in [-0.15, -0.1) is 11.6 Å². The third-order valence-electron chi connectivity index (χ3n) is 2.46. The van der Waals surface area contributed by atoms with Crippen LogP contribution in [0, 0.1) is 10.1 Å². The fraction of sp³-hybridized carbons (Fsp3) is 0.300. The quantitative estimate of drug-likeness (QED) is 0.531. The Balaban J connectivity index is 2.52. The highest BCUT2D eigenvalue weighted by molar-refractivity contribution is 6.34. The summed E-state index contributed by atoms with van der Waals surface area (Å²) in [6.07, 6.45) is -0.787. The van der Waals surface area contributed by atoms with Crippen LogP contribution in [-0.4, -0.2) is 31.8 Å². The number of hydrogen-bond donors (Lipinski definition) is 1. The Bertz CT molecular complexity index is 599. The minimum atomic E-state index is -0.787. The van der Waals surface area contributed by atoms with Gasteiger partial charge in [0.1, 0.15) is 0 Å². The molecule has 0 aliphatic rings. The second kappa shape index (κ2) is 5.09. The van der Waals surface area contributed by atoms with Gasteiger partial charge in [-0.1, -0.05) is 11.6 Å². The van der Waals surface area contributed by atoms with Crippen LogP contribution in [-0.2, 0) is 6.54 Å². The maximum absolute atomic E-state index is 10.7. The summed E-state index contributed by atoms with van der Waals surface area (Å²) in [5.74, 6) is 0.0495. The molecule has 96 valence electrons. The highest BCUT2D eigenvalue weighted by Gasteiger charge is 2.15. The van der Waals surface area contributed by atoms with Crippen LogP contribution < -0.4 is 0 Å². The molecule has 0 radical (unpaired) electrons. The van der Waals surface area contributed by atoms with Gasteiger partial charge < -0.3 is 5.11 Å². The van der Waals surface area contributed by atoms with Gasteiger partial charge in [-0.3, -0.25) is 14.8 Å². The summed E-state index contributed by atoms with van der Waals surface area (Å²) in [5.41, 5.74) is 0.444. The van der Waals surface area contributed by atoms with Crippen molar-refractivity contribution in [2.75, 3.05) is 5.88 Å². The zero-order valence-electron chi connectivity index (χ0n) is 9.08. The van der Waals surface area contributed by atoms with Crippen molar-refractivity contribution in [2.45, 2.75) is 12.6 Å². The molecule has 18 heavy (non-hydrogen) atoms. The van der Waals surface area contributed by atoms with Crippen molar-refractivity contribution in [3.8, 4) is 0 Å². The Labute approximate surface area is 112 Å². The van der Waals surface area contributed by atoms with Crippen molar-refractivity contribution < 1.29 is 10.0 Å². The molecule has 0 bridgehead atoms. The van der Waals surface area contributed by atoms with Crippen molar-refractivity contribution in [1.29, 1.82) is 0 Å². The van der Waals surface area contributed by atoms with E-state index in [0.29, 0.717) is 10.9 Å². The van der Waals surface area contributed by atoms with Crippen LogP contribution in [0.15, 0.2) is 18.2 Å². The lowest BCUT2D eigenvalue weighted by Crippen LogP contribution is -2.18. The van der Waals surface area contributed by atoms with Crippen LogP contribution in [0.5, 0.6) is 0 Å². The molecule has 0 amide bonds. The lowest BCUT2D eigenvalue weighted by atomic mass is 10.2. The van der Waals surface area contributed by atoms with E-state index >= 15 is 0 Å². The molecular formula is C10H9Cl2N3O3. The highest BCUT2D eigenvalue weighted by Crippen LogP contribution is 2.26. The summed E-state index contributed by atoms with van der Waals surface area (Å²) < 4.78 is 1.41. The zero-order chi connectivity index (χ0) is 13.3. The van der Waals surface area contributed by atoms with E-state index in [0.717, 1.165) is 0 Å². The first kappa shape index (κ1) is 13.1. The third-order valence-corrected chi connectivity index (χ3v) is 3.10.